The molecule has 0 fully saturated rings. The second-order valence-corrected chi connectivity index (χ2v) is 5.57. The van der Waals surface area contributed by atoms with Crippen LogP contribution >= 0.6 is 0 Å². The van der Waals surface area contributed by atoms with Crippen LogP contribution in [0.4, 0.5) is 13.2 Å². The molecule has 2 N–H and O–H groups in total. The van der Waals surface area contributed by atoms with Crippen LogP contribution in [0.3, 0.4) is 0 Å². The molecule has 3 rings (SSSR count). The van der Waals surface area contributed by atoms with Gasteiger partial charge in [0.25, 0.3) is 0 Å². The quantitative estimate of drug-likeness (QED) is 0.826. The van der Waals surface area contributed by atoms with Crippen molar-refractivity contribution in [1.82, 2.24) is 0 Å². The van der Waals surface area contributed by atoms with Gasteiger partial charge in [-0.25, -0.2) is 0 Å². The SMILES string of the molecule is CC.COc1ccc(C2=NCC=C(N)C3=C2CCC3)c(C(F)(F)F)c1. The summed E-state index contributed by atoms with van der Waals surface area (Å²) >= 11 is 0. The Labute approximate surface area is 146 Å². The highest BCUT2D eigenvalue weighted by Gasteiger charge is 2.36. The molecule has 1 aromatic rings. The third-order valence-corrected chi connectivity index (χ3v) is 4.20. The predicted molar refractivity (Wildman–Crippen MR) is 93.9 cm³/mol. The first-order valence-electron chi connectivity index (χ1n) is 8.40. The number of nitrogens with zero attached hydrogens (tertiary/aromatic N) is 1. The number of alkyl halides is 3. The minimum atomic E-state index is -4.48. The molecular formula is C19H23F3N2O. The number of halogens is 3. The Hall–Kier alpha value is -2.24. The molecule has 25 heavy (non-hydrogen) atoms. The first-order chi connectivity index (χ1) is 11.9. The Morgan fingerprint density at radius 2 is 1.80 bits per heavy atom. The zero-order valence-electron chi connectivity index (χ0n) is 14.7. The summed E-state index contributed by atoms with van der Waals surface area (Å²) in [4.78, 5) is 4.38. The average molecular weight is 352 g/mol. The number of nitrogens with two attached hydrogens (primary N) is 1. The third kappa shape index (κ3) is 3.89. The molecule has 2 aliphatic rings. The van der Waals surface area contributed by atoms with Gasteiger partial charge in [0.2, 0.25) is 0 Å². The smallest absolute Gasteiger partial charge is 0.417 e. The Balaban J connectivity index is 0.00000109. The van der Waals surface area contributed by atoms with Crippen molar-refractivity contribution in [3.63, 3.8) is 0 Å². The molecule has 0 amide bonds. The van der Waals surface area contributed by atoms with Crippen molar-refractivity contribution in [3.8, 4) is 5.75 Å². The van der Waals surface area contributed by atoms with Gasteiger partial charge in [-0.05, 0) is 54.7 Å². The van der Waals surface area contributed by atoms with Crippen molar-refractivity contribution in [2.45, 2.75) is 39.3 Å². The molecule has 0 saturated heterocycles. The van der Waals surface area contributed by atoms with Crippen LogP contribution in [0.5, 0.6) is 5.75 Å². The van der Waals surface area contributed by atoms with Crippen LogP contribution in [0.2, 0.25) is 0 Å². The van der Waals surface area contributed by atoms with Gasteiger partial charge in [0.05, 0.1) is 24.9 Å². The predicted octanol–water partition coefficient (Wildman–Crippen LogP) is 4.87. The highest BCUT2D eigenvalue weighted by molar-refractivity contribution is 6.15. The normalized spacial score (nSPS) is 17.0. The molecule has 1 aliphatic heterocycles. The fourth-order valence-electron chi connectivity index (χ4n) is 3.12. The molecular weight excluding hydrogens is 329 g/mol. The van der Waals surface area contributed by atoms with E-state index in [2.05, 4.69) is 4.99 Å². The Morgan fingerprint density at radius 3 is 2.44 bits per heavy atom. The minimum Gasteiger partial charge on any atom is -0.497 e. The van der Waals surface area contributed by atoms with E-state index in [0.717, 1.165) is 30.1 Å². The lowest BCUT2D eigenvalue weighted by Gasteiger charge is -2.17. The summed E-state index contributed by atoms with van der Waals surface area (Å²) in [5.41, 5.74) is 8.20. The lowest BCUT2D eigenvalue weighted by atomic mass is 9.94. The first kappa shape index (κ1) is 19.1. The number of methoxy groups -OCH3 is 1. The Kier molecular flexibility index (Phi) is 5.93. The molecule has 0 spiro atoms. The second kappa shape index (κ2) is 7.76. The summed E-state index contributed by atoms with van der Waals surface area (Å²) in [5.74, 6) is 0.175. The van der Waals surface area contributed by atoms with Gasteiger partial charge in [0.1, 0.15) is 5.75 Å². The number of benzene rings is 1. The van der Waals surface area contributed by atoms with Crippen LogP contribution in [-0.2, 0) is 6.18 Å². The summed E-state index contributed by atoms with van der Waals surface area (Å²) < 4.78 is 45.4. The van der Waals surface area contributed by atoms with Gasteiger partial charge in [-0.1, -0.05) is 13.8 Å². The Bertz CT molecular complexity index is 731. The maximum atomic E-state index is 13.5. The molecule has 0 atom stereocenters. The van der Waals surface area contributed by atoms with Gasteiger partial charge in [-0.15, -0.1) is 0 Å². The maximum absolute atomic E-state index is 13.5. The molecule has 136 valence electrons. The molecule has 1 heterocycles. The summed E-state index contributed by atoms with van der Waals surface area (Å²) in [6.45, 7) is 4.29. The third-order valence-electron chi connectivity index (χ3n) is 4.20. The van der Waals surface area contributed by atoms with Crippen LogP contribution in [-0.4, -0.2) is 19.4 Å². The molecule has 3 nitrogen and oxygen atoms in total. The number of rotatable bonds is 2. The highest BCUT2D eigenvalue weighted by atomic mass is 19.4. The minimum absolute atomic E-state index is 0.0933. The van der Waals surface area contributed by atoms with E-state index in [9.17, 15) is 13.2 Å². The molecule has 0 radical (unpaired) electrons. The number of allylic oxidation sites excluding steroid dienone is 2. The van der Waals surface area contributed by atoms with E-state index in [1.54, 1.807) is 6.08 Å². The number of hydrogen-bond acceptors (Lipinski definition) is 3. The molecule has 6 heteroatoms. The van der Waals surface area contributed by atoms with Crippen molar-refractivity contribution in [1.29, 1.82) is 0 Å². The molecule has 1 aliphatic carbocycles. The monoisotopic (exact) mass is 352 g/mol. The lowest BCUT2D eigenvalue weighted by Crippen LogP contribution is -2.16. The van der Waals surface area contributed by atoms with E-state index in [4.69, 9.17) is 10.5 Å². The number of aliphatic imine (C=N–C) groups is 1. The standard InChI is InChI=1S/C17H17F3N2O.C2H6/c1-23-10-5-6-13(14(9-10)17(18,19)20)16-12-4-2-3-11(12)15(21)7-8-22-16;1-2/h5-7,9H,2-4,8,21H2,1H3;1-2H3. The van der Waals surface area contributed by atoms with Crippen molar-refractivity contribution < 1.29 is 17.9 Å². The van der Waals surface area contributed by atoms with E-state index in [1.165, 1.54) is 19.2 Å². The number of ether oxygens (including phenoxy) is 1. The first-order valence-corrected chi connectivity index (χ1v) is 8.40. The Morgan fingerprint density at radius 1 is 1.12 bits per heavy atom. The van der Waals surface area contributed by atoms with Gasteiger partial charge < -0.3 is 10.5 Å². The summed E-state index contributed by atoms with van der Waals surface area (Å²) in [5, 5.41) is 0. The fraction of sp³-hybridized carbons (Fsp3) is 0.421. The van der Waals surface area contributed by atoms with E-state index < -0.39 is 11.7 Å². The summed E-state index contributed by atoms with van der Waals surface area (Å²) in [6, 6.07) is 3.99. The van der Waals surface area contributed by atoms with E-state index in [0.29, 0.717) is 17.8 Å². The van der Waals surface area contributed by atoms with Crippen molar-refractivity contribution >= 4 is 5.71 Å². The van der Waals surface area contributed by atoms with Crippen LogP contribution in [0, 0.1) is 0 Å². The van der Waals surface area contributed by atoms with Crippen molar-refractivity contribution in [3.05, 3.63) is 52.2 Å². The molecule has 0 unspecified atom stereocenters. The van der Waals surface area contributed by atoms with Gasteiger partial charge >= 0.3 is 6.18 Å². The summed E-state index contributed by atoms with van der Waals surface area (Å²) in [6.07, 6.45) is -0.336. The van der Waals surface area contributed by atoms with Crippen molar-refractivity contribution in [2.24, 2.45) is 10.7 Å². The van der Waals surface area contributed by atoms with Crippen LogP contribution in [0.15, 0.2) is 46.1 Å². The van der Waals surface area contributed by atoms with Crippen LogP contribution < -0.4 is 10.5 Å². The molecule has 0 bridgehead atoms. The zero-order valence-corrected chi connectivity index (χ0v) is 14.7. The van der Waals surface area contributed by atoms with Gasteiger partial charge in [-0.3, -0.25) is 4.99 Å². The highest BCUT2D eigenvalue weighted by Crippen LogP contribution is 2.39. The molecule has 1 aromatic carbocycles. The zero-order chi connectivity index (χ0) is 18.6. The topological polar surface area (TPSA) is 47.6 Å². The molecule has 0 aromatic heterocycles. The van der Waals surface area contributed by atoms with Gasteiger partial charge in [0.15, 0.2) is 0 Å². The van der Waals surface area contributed by atoms with E-state index in [-0.39, 0.29) is 17.9 Å². The maximum Gasteiger partial charge on any atom is 0.417 e. The summed E-state index contributed by atoms with van der Waals surface area (Å²) in [7, 11) is 1.35. The van der Waals surface area contributed by atoms with Crippen molar-refractivity contribution in [2.75, 3.05) is 13.7 Å². The van der Waals surface area contributed by atoms with Gasteiger partial charge in [-0.2, -0.15) is 13.2 Å². The van der Waals surface area contributed by atoms with Crippen LogP contribution in [0.25, 0.3) is 0 Å². The number of hydrogen-bond donors (Lipinski definition) is 1. The average Bonchev–Trinajstić information content (AvgIpc) is 3.03. The van der Waals surface area contributed by atoms with Gasteiger partial charge in [0, 0.05) is 11.3 Å². The fourth-order valence-corrected chi connectivity index (χ4v) is 3.12. The van der Waals surface area contributed by atoms with E-state index in [1.807, 2.05) is 13.8 Å². The molecule has 0 saturated carbocycles. The second-order valence-electron chi connectivity index (χ2n) is 5.57. The lowest BCUT2D eigenvalue weighted by molar-refractivity contribution is -0.137. The van der Waals surface area contributed by atoms with Crippen LogP contribution in [0.1, 0.15) is 44.2 Å². The largest absolute Gasteiger partial charge is 0.497 e. The van der Waals surface area contributed by atoms with E-state index >= 15 is 0 Å².